The lowest BCUT2D eigenvalue weighted by Gasteiger charge is -2.42. The van der Waals surface area contributed by atoms with E-state index in [1.165, 1.54) is 24.6 Å². The quantitative estimate of drug-likeness (QED) is 0.230. The van der Waals surface area contributed by atoms with Gasteiger partial charge in [0.2, 0.25) is 17.7 Å². The van der Waals surface area contributed by atoms with Crippen LogP contribution in [0.3, 0.4) is 0 Å². The Bertz CT molecular complexity index is 1930. The van der Waals surface area contributed by atoms with Gasteiger partial charge in [0.05, 0.1) is 18.7 Å². The largest absolute Gasteiger partial charge is 0.489 e. The number of amides is 4. The third kappa shape index (κ3) is 10.1. The molecule has 0 fully saturated rings. The first kappa shape index (κ1) is 41.8. The second kappa shape index (κ2) is 17.2. The van der Waals surface area contributed by atoms with Crippen LogP contribution in [0.25, 0.3) is 0 Å². The molecule has 2 N–H and O–H groups in total. The Balaban J connectivity index is 1.41. The highest BCUT2D eigenvalue weighted by atomic mass is 16.6. The number of aryl methyl sites for hydroxylation is 1. The maximum Gasteiger partial charge on any atom is 0.410 e. The molecule has 0 saturated carbocycles. The number of fused-ring (bicyclic) bond motifs is 2. The molecular weight excluding hydrogens is 713 g/mol. The van der Waals surface area contributed by atoms with Crippen molar-refractivity contribution in [3.63, 3.8) is 0 Å². The van der Waals surface area contributed by atoms with E-state index in [9.17, 15) is 24.0 Å². The number of benzene rings is 3. The van der Waals surface area contributed by atoms with Crippen LogP contribution in [-0.4, -0.2) is 77.5 Å². The van der Waals surface area contributed by atoms with Crippen LogP contribution in [0.2, 0.25) is 0 Å². The van der Waals surface area contributed by atoms with Gasteiger partial charge in [0.15, 0.2) is 0 Å². The zero-order valence-corrected chi connectivity index (χ0v) is 34.1. The van der Waals surface area contributed by atoms with E-state index >= 15 is 0 Å². The van der Waals surface area contributed by atoms with Gasteiger partial charge >= 0.3 is 12.1 Å². The van der Waals surface area contributed by atoms with Gasteiger partial charge in [-0.2, -0.15) is 0 Å². The number of nitrogens with zero attached hydrogens (tertiary/aromatic N) is 2. The summed E-state index contributed by atoms with van der Waals surface area (Å²) in [6, 6.07) is 17.7. The molecule has 0 radical (unpaired) electrons. The van der Waals surface area contributed by atoms with E-state index in [4.69, 9.17) is 14.2 Å². The maximum absolute atomic E-state index is 14.9. The molecule has 12 heteroatoms. The summed E-state index contributed by atoms with van der Waals surface area (Å²) in [6.07, 6.45) is 2.27. The van der Waals surface area contributed by atoms with E-state index in [-0.39, 0.29) is 31.5 Å². The molecule has 0 bridgehead atoms. The fourth-order valence-corrected chi connectivity index (χ4v) is 7.05. The van der Waals surface area contributed by atoms with Crippen molar-refractivity contribution in [1.29, 1.82) is 0 Å². The summed E-state index contributed by atoms with van der Waals surface area (Å²) in [7, 11) is 2.82. The summed E-state index contributed by atoms with van der Waals surface area (Å²) < 4.78 is 16.4. The number of esters is 1. The van der Waals surface area contributed by atoms with Crippen LogP contribution >= 0.6 is 0 Å². The summed E-state index contributed by atoms with van der Waals surface area (Å²) >= 11 is 0. The summed E-state index contributed by atoms with van der Waals surface area (Å²) in [4.78, 5) is 70.4. The Hall–Kier alpha value is -5.39. The first-order valence-electron chi connectivity index (χ1n) is 19.2. The second-order valence-electron chi connectivity index (χ2n) is 16.8. The van der Waals surface area contributed by atoms with E-state index in [1.807, 2.05) is 57.2 Å². The van der Waals surface area contributed by atoms with Gasteiger partial charge in [0, 0.05) is 20.0 Å². The monoisotopic (exact) mass is 768 g/mol. The molecule has 0 aromatic heterocycles. The summed E-state index contributed by atoms with van der Waals surface area (Å²) in [6.45, 7) is 12.7. The predicted octanol–water partition coefficient (Wildman–Crippen LogP) is 6.29. The molecule has 3 aromatic rings. The molecule has 2 aliphatic rings. The normalized spacial score (nSPS) is 17.6. The van der Waals surface area contributed by atoms with Crippen LogP contribution in [0.1, 0.15) is 106 Å². The molecule has 300 valence electrons. The summed E-state index contributed by atoms with van der Waals surface area (Å²) in [5.74, 6) is -1.05. The fraction of sp³-hybridized carbons (Fsp3) is 0.477. The van der Waals surface area contributed by atoms with Crippen LogP contribution in [0.5, 0.6) is 5.75 Å². The molecule has 0 spiro atoms. The molecule has 4 amide bonds. The molecule has 0 saturated heterocycles. The minimum absolute atomic E-state index is 0.106. The van der Waals surface area contributed by atoms with Crippen molar-refractivity contribution < 1.29 is 38.2 Å². The molecule has 5 rings (SSSR count). The lowest BCUT2D eigenvalue weighted by molar-refractivity contribution is -0.147. The average Bonchev–Trinajstić information content (AvgIpc) is 3.16. The Morgan fingerprint density at radius 3 is 2.27 bits per heavy atom. The van der Waals surface area contributed by atoms with Crippen molar-refractivity contribution in [3.05, 3.63) is 100 Å². The third-order valence-corrected chi connectivity index (χ3v) is 10.4. The number of likely N-dealkylation sites (N-methyl/N-ethyl adjacent to an activating group) is 1. The molecule has 12 nitrogen and oxygen atoms in total. The third-order valence-electron chi connectivity index (χ3n) is 10.4. The number of hydrogen-bond donors (Lipinski definition) is 2. The van der Waals surface area contributed by atoms with Crippen LogP contribution in [0, 0.1) is 5.41 Å². The van der Waals surface area contributed by atoms with Gasteiger partial charge in [-0.05, 0) is 104 Å². The van der Waals surface area contributed by atoms with Gasteiger partial charge in [-0.25, -0.2) is 9.59 Å². The van der Waals surface area contributed by atoms with Crippen LogP contribution < -0.4 is 15.4 Å². The van der Waals surface area contributed by atoms with Crippen molar-refractivity contribution in [2.75, 3.05) is 14.2 Å². The van der Waals surface area contributed by atoms with E-state index in [0.717, 1.165) is 41.5 Å². The Labute approximate surface area is 330 Å². The number of carbonyl (C=O) groups is 5. The Morgan fingerprint density at radius 2 is 1.61 bits per heavy atom. The predicted molar refractivity (Wildman–Crippen MR) is 212 cm³/mol. The molecule has 56 heavy (non-hydrogen) atoms. The van der Waals surface area contributed by atoms with Gasteiger partial charge in [-0.3, -0.25) is 19.3 Å². The standard InChI is InChI=1S/C44H56N4O8/c1-27(47(8)42(53)56-44(5,6)7)38(49)46-37(43(2,3)4)40(51)48-25-32-23-33(55-26-28-17-19-30(20-18-28)41(52)54-9)22-21-31(32)24-36(48)39(50)45-35-16-12-14-29-13-10-11-15-34(29)35/h10-11,13,15,17-23,27,35-37H,12,14,16,24-26H2,1-9H3,(H,45,50)(H,46,49)/t27-,35?,36-,37+/m0/s1. The van der Waals surface area contributed by atoms with Gasteiger partial charge in [0.1, 0.15) is 36.1 Å². The lowest BCUT2D eigenvalue weighted by Crippen LogP contribution is -2.62. The van der Waals surface area contributed by atoms with Gasteiger partial charge in [-0.15, -0.1) is 0 Å². The molecule has 1 aliphatic heterocycles. The number of hydrogen-bond acceptors (Lipinski definition) is 8. The van der Waals surface area contributed by atoms with E-state index in [1.54, 1.807) is 56.9 Å². The van der Waals surface area contributed by atoms with Crippen molar-refractivity contribution in [1.82, 2.24) is 20.4 Å². The second-order valence-corrected chi connectivity index (χ2v) is 16.8. The van der Waals surface area contributed by atoms with E-state index < -0.39 is 53.0 Å². The number of methoxy groups -OCH3 is 1. The van der Waals surface area contributed by atoms with Crippen LogP contribution in [0.4, 0.5) is 4.79 Å². The Morgan fingerprint density at radius 1 is 0.911 bits per heavy atom. The summed E-state index contributed by atoms with van der Waals surface area (Å²) in [5, 5.41) is 6.21. The lowest BCUT2D eigenvalue weighted by atomic mass is 9.83. The van der Waals surface area contributed by atoms with Crippen molar-refractivity contribution in [3.8, 4) is 5.75 Å². The van der Waals surface area contributed by atoms with E-state index in [2.05, 4.69) is 16.7 Å². The number of carbonyl (C=O) groups excluding carboxylic acids is 5. The fourth-order valence-electron chi connectivity index (χ4n) is 7.05. The smallest absolute Gasteiger partial charge is 0.410 e. The molecular formula is C44H56N4O8. The number of rotatable bonds is 10. The molecule has 3 aromatic carbocycles. The minimum Gasteiger partial charge on any atom is -0.489 e. The van der Waals surface area contributed by atoms with Crippen molar-refractivity contribution in [2.45, 2.75) is 117 Å². The average molecular weight is 769 g/mol. The topological polar surface area (TPSA) is 144 Å². The van der Waals surface area contributed by atoms with Gasteiger partial charge in [-0.1, -0.05) is 63.2 Å². The van der Waals surface area contributed by atoms with E-state index in [0.29, 0.717) is 11.3 Å². The highest BCUT2D eigenvalue weighted by Gasteiger charge is 2.43. The van der Waals surface area contributed by atoms with Crippen LogP contribution in [-0.2, 0) is 49.9 Å². The highest BCUT2D eigenvalue weighted by molar-refractivity contribution is 5.95. The zero-order chi connectivity index (χ0) is 40.9. The number of ether oxygens (including phenoxy) is 3. The van der Waals surface area contributed by atoms with Crippen molar-refractivity contribution in [2.24, 2.45) is 5.41 Å². The zero-order valence-electron chi connectivity index (χ0n) is 34.1. The molecule has 4 atom stereocenters. The van der Waals surface area contributed by atoms with Gasteiger partial charge in [0.25, 0.3) is 0 Å². The molecule has 1 aliphatic carbocycles. The SMILES string of the molecule is COC(=O)c1ccc(COc2ccc3c(c2)CN(C(=O)[C@@H](NC(=O)[C@H](C)N(C)C(=O)OC(C)(C)C)C(C)(C)C)[C@H](C(=O)NC2CCCc4ccccc42)C3)cc1. The van der Waals surface area contributed by atoms with Crippen LogP contribution in [0.15, 0.2) is 66.7 Å². The number of nitrogens with one attached hydrogen (secondary N) is 2. The maximum atomic E-state index is 14.9. The first-order chi connectivity index (χ1) is 26.4. The molecule has 1 heterocycles. The highest BCUT2D eigenvalue weighted by Crippen LogP contribution is 2.33. The Kier molecular flexibility index (Phi) is 12.8. The first-order valence-corrected chi connectivity index (χ1v) is 19.2. The van der Waals surface area contributed by atoms with Gasteiger partial charge < -0.3 is 29.7 Å². The molecule has 1 unspecified atom stereocenters. The minimum atomic E-state index is -1.04. The van der Waals surface area contributed by atoms with Crippen molar-refractivity contribution >= 4 is 29.8 Å². The summed E-state index contributed by atoms with van der Waals surface area (Å²) in [5.41, 5.74) is 3.80.